The maximum atomic E-state index is 4.93. The van der Waals surface area contributed by atoms with Crippen molar-refractivity contribution in [2.45, 2.75) is 19.6 Å². The summed E-state index contributed by atoms with van der Waals surface area (Å²) in [6, 6.07) is 73.5. The number of fused-ring (bicyclic) bond motifs is 6. The molecule has 0 aliphatic carbocycles. The normalized spacial score (nSPS) is 12.1. The molecule has 0 atom stereocenters. The maximum Gasteiger partial charge on any atom is 0.159 e. The molecule has 0 fully saturated rings. The van der Waals surface area contributed by atoms with Gasteiger partial charge in [0, 0.05) is 52.3 Å². The van der Waals surface area contributed by atoms with Crippen molar-refractivity contribution in [2.75, 3.05) is 0 Å². The number of aromatic nitrogens is 6. The molecule has 4 heterocycles. The second-order valence-electron chi connectivity index (χ2n) is 15.6. The topological polar surface area (TPSA) is 61.4 Å². The van der Waals surface area contributed by atoms with Gasteiger partial charge in [-0.15, -0.1) is 10.0 Å². The Labute approximate surface area is 365 Å². The van der Waals surface area contributed by atoms with Crippen LogP contribution in [0.15, 0.2) is 251 Å². The van der Waals surface area contributed by atoms with E-state index in [1.807, 2.05) is 24.8 Å². The summed E-state index contributed by atoms with van der Waals surface area (Å²) in [4.78, 5) is 24.6. The second kappa shape index (κ2) is 15.1. The number of hydrogen-bond donors (Lipinski definition) is 0. The summed E-state index contributed by atoms with van der Waals surface area (Å²) in [5, 5.41) is 4.85. The van der Waals surface area contributed by atoms with Crippen LogP contribution in [-0.4, -0.2) is 29.1 Å². The molecule has 0 spiro atoms. The summed E-state index contributed by atoms with van der Waals surface area (Å²) in [7, 11) is -1.95. The van der Waals surface area contributed by atoms with Crippen LogP contribution < -0.4 is 0 Å². The van der Waals surface area contributed by atoms with Gasteiger partial charge in [0.1, 0.15) is 0 Å². The first-order valence-electron chi connectivity index (χ1n) is 21.0. The van der Waals surface area contributed by atoms with Crippen molar-refractivity contribution in [3.63, 3.8) is 0 Å². The predicted molar refractivity (Wildman–Crippen MR) is 257 cm³/mol. The number of nitrogens with zero attached hydrogens (tertiary/aromatic N) is 6. The summed E-state index contributed by atoms with van der Waals surface area (Å²) < 4.78 is 4.49. The minimum absolute atomic E-state index is 0.680. The summed E-state index contributed by atoms with van der Waals surface area (Å²) in [6.07, 6.45) is 7.73. The first-order chi connectivity index (χ1) is 31.3. The van der Waals surface area contributed by atoms with Crippen molar-refractivity contribution in [3.05, 3.63) is 231 Å². The van der Waals surface area contributed by atoms with Crippen LogP contribution in [0.2, 0.25) is 0 Å². The Hall–Kier alpha value is -8.13. The summed E-state index contributed by atoms with van der Waals surface area (Å²) >= 11 is 0. The molecule has 12 rings (SSSR count). The summed E-state index contributed by atoms with van der Waals surface area (Å²) in [5.74, 6) is 1.36. The van der Waals surface area contributed by atoms with E-state index in [0.717, 1.165) is 44.6 Å². The molecule has 0 N–H and O–H groups in total. The Morgan fingerprint density at radius 2 is 0.540 bits per heavy atom. The SMILES string of the molecule is c1ccc(S(c2ccccc2)(c2ccc(-c3ncc(-n4c5ccccc5c5ccccc54)cn3)cc2)c2ccc(-c3ncc(-n4c5ccccc5c5ccccc54)cn3)cc2)cc1. The molecule has 0 amide bonds. The van der Waals surface area contributed by atoms with Gasteiger partial charge < -0.3 is 9.13 Å². The molecule has 7 heteroatoms. The fraction of sp³-hybridized carbons (Fsp3) is 0. The van der Waals surface area contributed by atoms with Crippen LogP contribution in [0.5, 0.6) is 0 Å². The van der Waals surface area contributed by atoms with E-state index in [-0.39, 0.29) is 0 Å². The van der Waals surface area contributed by atoms with E-state index in [2.05, 4.69) is 215 Å². The highest BCUT2D eigenvalue weighted by Gasteiger charge is 2.33. The zero-order valence-corrected chi connectivity index (χ0v) is 34.8. The summed E-state index contributed by atoms with van der Waals surface area (Å²) in [5.41, 5.74) is 8.31. The minimum atomic E-state index is -1.95. The number of benzene rings is 8. The van der Waals surface area contributed by atoms with Gasteiger partial charge in [-0.25, -0.2) is 19.9 Å². The molecule has 8 aromatic carbocycles. The third kappa shape index (κ3) is 5.97. The molecule has 4 aromatic heterocycles. The molecule has 0 aliphatic heterocycles. The van der Waals surface area contributed by atoms with E-state index in [9.17, 15) is 0 Å². The van der Waals surface area contributed by atoms with Gasteiger partial charge in [0.15, 0.2) is 11.6 Å². The Balaban J connectivity index is 0.916. The van der Waals surface area contributed by atoms with Gasteiger partial charge >= 0.3 is 0 Å². The number of hydrogen-bond acceptors (Lipinski definition) is 4. The van der Waals surface area contributed by atoms with Gasteiger partial charge in [0.25, 0.3) is 0 Å². The fourth-order valence-corrected chi connectivity index (χ4v) is 13.1. The van der Waals surface area contributed by atoms with Crippen molar-refractivity contribution < 1.29 is 0 Å². The van der Waals surface area contributed by atoms with Crippen LogP contribution >= 0.6 is 10.0 Å². The molecule has 0 aliphatic rings. The van der Waals surface area contributed by atoms with Crippen LogP contribution in [0, 0.1) is 0 Å². The highest BCUT2D eigenvalue weighted by Crippen LogP contribution is 2.73. The lowest BCUT2D eigenvalue weighted by molar-refractivity contribution is 1.08. The van der Waals surface area contributed by atoms with Crippen LogP contribution in [-0.2, 0) is 0 Å². The molecule has 0 unspecified atom stereocenters. The fourth-order valence-electron chi connectivity index (χ4n) is 9.25. The number of para-hydroxylation sites is 4. The maximum absolute atomic E-state index is 4.93. The molecule has 298 valence electrons. The van der Waals surface area contributed by atoms with Crippen molar-refractivity contribution in [3.8, 4) is 34.2 Å². The molecule has 0 radical (unpaired) electrons. The smallest absolute Gasteiger partial charge is 0.159 e. The van der Waals surface area contributed by atoms with Gasteiger partial charge in [-0.05, 0) is 72.8 Å². The lowest BCUT2D eigenvalue weighted by Gasteiger charge is -2.42. The zero-order valence-electron chi connectivity index (χ0n) is 34.0. The zero-order chi connectivity index (χ0) is 41.7. The average Bonchev–Trinajstić information content (AvgIpc) is 3.89. The Kier molecular flexibility index (Phi) is 8.79. The lowest BCUT2D eigenvalue weighted by Crippen LogP contribution is -2.05. The number of rotatable bonds is 8. The van der Waals surface area contributed by atoms with Crippen LogP contribution in [0.1, 0.15) is 0 Å². The van der Waals surface area contributed by atoms with Crippen LogP contribution in [0.4, 0.5) is 0 Å². The molecular weight excluding hydrogens is 789 g/mol. The molecule has 0 bridgehead atoms. The van der Waals surface area contributed by atoms with Crippen molar-refractivity contribution in [1.29, 1.82) is 0 Å². The molecule has 0 saturated carbocycles. The highest BCUT2D eigenvalue weighted by atomic mass is 32.3. The predicted octanol–water partition coefficient (Wildman–Crippen LogP) is 14.1. The lowest BCUT2D eigenvalue weighted by atomic mass is 10.2. The average molecular weight is 827 g/mol. The van der Waals surface area contributed by atoms with Crippen LogP contribution in [0.3, 0.4) is 0 Å². The van der Waals surface area contributed by atoms with E-state index >= 15 is 0 Å². The molecule has 6 nitrogen and oxygen atoms in total. The third-order valence-electron chi connectivity index (χ3n) is 12.1. The Bertz CT molecular complexity index is 3230. The van der Waals surface area contributed by atoms with Gasteiger partial charge in [-0.2, -0.15) is 0 Å². The van der Waals surface area contributed by atoms with Gasteiger partial charge in [-0.1, -0.05) is 133 Å². The van der Waals surface area contributed by atoms with Gasteiger partial charge in [-0.3, -0.25) is 0 Å². The van der Waals surface area contributed by atoms with E-state index in [0.29, 0.717) is 11.6 Å². The van der Waals surface area contributed by atoms with Crippen molar-refractivity contribution in [2.24, 2.45) is 0 Å². The first-order valence-corrected chi connectivity index (χ1v) is 22.6. The minimum Gasteiger partial charge on any atom is -0.306 e. The molecule has 12 aromatic rings. The van der Waals surface area contributed by atoms with Gasteiger partial charge in [0.05, 0.1) is 58.2 Å². The molecule has 0 saturated heterocycles. The molecule has 63 heavy (non-hydrogen) atoms. The van der Waals surface area contributed by atoms with E-state index in [1.165, 1.54) is 41.1 Å². The standard InChI is InChI=1S/C56H38N6S/c1-3-15-43(16-4-1)63(44-17-5-2-6-18-44,45-31-27-39(28-32-45)55-57-35-41(36-58-55)61-51-23-11-7-19-47(51)48-20-8-12-24-52(48)61)46-33-29-40(30-34-46)56-59-37-42(38-60-56)62-53-25-13-9-21-49(53)50-22-10-14-26-54(50)62/h1-38H. The monoisotopic (exact) mass is 826 g/mol. The Morgan fingerprint density at radius 1 is 0.270 bits per heavy atom. The van der Waals surface area contributed by atoms with E-state index in [1.54, 1.807) is 0 Å². The van der Waals surface area contributed by atoms with Crippen molar-refractivity contribution in [1.82, 2.24) is 29.1 Å². The molecular formula is C56H38N6S. The summed E-state index contributed by atoms with van der Waals surface area (Å²) in [6.45, 7) is 0. The first kappa shape index (κ1) is 36.7. The quantitative estimate of drug-likeness (QED) is 0.153. The Morgan fingerprint density at radius 3 is 0.857 bits per heavy atom. The highest BCUT2D eigenvalue weighted by molar-refractivity contribution is 8.34. The van der Waals surface area contributed by atoms with Gasteiger partial charge in [0.2, 0.25) is 0 Å². The largest absolute Gasteiger partial charge is 0.306 e. The third-order valence-corrected chi connectivity index (χ3v) is 16.0. The van der Waals surface area contributed by atoms with E-state index in [4.69, 9.17) is 19.9 Å². The second-order valence-corrected chi connectivity index (χ2v) is 18.7. The van der Waals surface area contributed by atoms with E-state index < -0.39 is 10.0 Å². The van der Waals surface area contributed by atoms with Crippen molar-refractivity contribution >= 4 is 53.6 Å². The van der Waals surface area contributed by atoms with Crippen LogP contribution in [0.25, 0.3) is 77.8 Å².